The van der Waals surface area contributed by atoms with Crippen molar-refractivity contribution in [2.45, 2.75) is 32.6 Å². The van der Waals surface area contributed by atoms with Crippen LogP contribution in [-0.2, 0) is 14.3 Å². The van der Waals surface area contributed by atoms with Crippen LogP contribution in [0, 0.1) is 11.6 Å². The summed E-state index contributed by atoms with van der Waals surface area (Å²) in [7, 11) is 0. The molecule has 0 aliphatic carbocycles. The molecule has 1 aromatic carbocycles. The van der Waals surface area contributed by atoms with E-state index in [0.29, 0.717) is 25.5 Å². The van der Waals surface area contributed by atoms with E-state index in [-0.39, 0.29) is 24.6 Å². The van der Waals surface area contributed by atoms with Crippen molar-refractivity contribution in [2.75, 3.05) is 6.61 Å². The largest absolute Gasteiger partial charge is 0.466 e. The van der Waals surface area contributed by atoms with Crippen LogP contribution < -0.4 is 4.74 Å². The van der Waals surface area contributed by atoms with Crippen LogP contribution in [0.2, 0.25) is 0 Å². The SMILES string of the molecule is CCOC(=O)CCCCC(=O)Oc1cc(F)cc(F)c1. The molecule has 0 unspecified atom stereocenters. The summed E-state index contributed by atoms with van der Waals surface area (Å²) in [5.74, 6) is -2.70. The van der Waals surface area contributed by atoms with Gasteiger partial charge in [-0.3, -0.25) is 9.59 Å². The first-order chi connectivity index (χ1) is 9.51. The summed E-state index contributed by atoms with van der Waals surface area (Å²) in [5, 5.41) is 0. The highest BCUT2D eigenvalue weighted by Crippen LogP contribution is 2.16. The molecule has 20 heavy (non-hydrogen) atoms. The van der Waals surface area contributed by atoms with E-state index in [1.165, 1.54) is 0 Å². The molecule has 0 aliphatic rings. The van der Waals surface area contributed by atoms with E-state index in [1.54, 1.807) is 6.92 Å². The molecule has 0 N–H and O–H groups in total. The van der Waals surface area contributed by atoms with Gasteiger partial charge in [-0.2, -0.15) is 0 Å². The number of halogens is 2. The maximum atomic E-state index is 12.9. The Morgan fingerprint density at radius 3 is 2.10 bits per heavy atom. The van der Waals surface area contributed by atoms with Gasteiger partial charge in [0.15, 0.2) is 0 Å². The Labute approximate surface area is 115 Å². The highest BCUT2D eigenvalue weighted by atomic mass is 19.1. The van der Waals surface area contributed by atoms with E-state index < -0.39 is 17.6 Å². The molecule has 0 amide bonds. The zero-order chi connectivity index (χ0) is 15.0. The maximum absolute atomic E-state index is 12.9. The fraction of sp³-hybridized carbons (Fsp3) is 0.429. The van der Waals surface area contributed by atoms with Gasteiger partial charge in [0.25, 0.3) is 0 Å². The van der Waals surface area contributed by atoms with Crippen LogP contribution in [0.15, 0.2) is 18.2 Å². The molecule has 1 aromatic rings. The molecule has 1 rings (SSSR count). The van der Waals surface area contributed by atoms with Crippen molar-refractivity contribution in [1.29, 1.82) is 0 Å². The Balaban J connectivity index is 2.28. The molecule has 110 valence electrons. The Kier molecular flexibility index (Phi) is 6.63. The van der Waals surface area contributed by atoms with Crippen LogP contribution in [0.3, 0.4) is 0 Å². The summed E-state index contributed by atoms with van der Waals surface area (Å²) in [5.41, 5.74) is 0. The predicted octanol–water partition coefficient (Wildman–Crippen LogP) is 2.99. The minimum absolute atomic E-state index is 0.0670. The lowest BCUT2D eigenvalue weighted by atomic mass is 10.2. The Morgan fingerprint density at radius 2 is 1.55 bits per heavy atom. The molecule has 4 nitrogen and oxygen atoms in total. The Hall–Kier alpha value is -1.98. The van der Waals surface area contributed by atoms with Crippen molar-refractivity contribution in [3.63, 3.8) is 0 Å². The zero-order valence-corrected chi connectivity index (χ0v) is 11.2. The number of rotatable bonds is 7. The predicted molar refractivity (Wildman–Crippen MR) is 67.1 cm³/mol. The van der Waals surface area contributed by atoms with E-state index in [1.807, 2.05) is 0 Å². The Bertz CT molecular complexity index is 454. The van der Waals surface area contributed by atoms with Gasteiger partial charge in [-0.1, -0.05) is 0 Å². The molecular formula is C14H16F2O4. The number of hydrogen-bond donors (Lipinski definition) is 0. The average Bonchev–Trinajstić information content (AvgIpc) is 2.33. The molecule has 0 radical (unpaired) electrons. The lowest BCUT2D eigenvalue weighted by Gasteiger charge is -2.05. The van der Waals surface area contributed by atoms with Crippen molar-refractivity contribution in [3.8, 4) is 5.75 Å². The topological polar surface area (TPSA) is 52.6 Å². The number of carbonyl (C=O) groups excluding carboxylic acids is 2. The van der Waals surface area contributed by atoms with Crippen molar-refractivity contribution in [2.24, 2.45) is 0 Å². The van der Waals surface area contributed by atoms with Gasteiger partial charge in [-0.05, 0) is 19.8 Å². The number of unbranched alkanes of at least 4 members (excludes halogenated alkanes) is 1. The summed E-state index contributed by atoms with van der Waals surface area (Å²) in [6.07, 6.45) is 1.23. The van der Waals surface area contributed by atoms with Gasteiger partial charge in [-0.15, -0.1) is 0 Å². The summed E-state index contributed by atoms with van der Waals surface area (Å²) in [6.45, 7) is 2.04. The first kappa shape index (κ1) is 16.1. The molecule has 0 fully saturated rings. The quantitative estimate of drug-likeness (QED) is 0.439. The average molecular weight is 286 g/mol. The molecule has 0 atom stereocenters. The molecule has 0 spiro atoms. The minimum atomic E-state index is -0.810. The van der Waals surface area contributed by atoms with Crippen LogP contribution in [0.25, 0.3) is 0 Å². The van der Waals surface area contributed by atoms with E-state index in [0.717, 1.165) is 12.1 Å². The highest BCUT2D eigenvalue weighted by molar-refractivity contribution is 5.72. The lowest BCUT2D eigenvalue weighted by Crippen LogP contribution is -2.09. The monoisotopic (exact) mass is 286 g/mol. The zero-order valence-electron chi connectivity index (χ0n) is 11.2. The summed E-state index contributed by atoms with van der Waals surface area (Å²) in [4.78, 5) is 22.5. The number of ether oxygens (including phenoxy) is 2. The minimum Gasteiger partial charge on any atom is -0.466 e. The standard InChI is InChI=1S/C14H16F2O4/c1-2-19-13(17)5-3-4-6-14(18)20-12-8-10(15)7-11(16)9-12/h7-9H,2-6H2,1H3. The third-order valence-electron chi connectivity index (χ3n) is 2.38. The molecule has 0 heterocycles. The summed E-state index contributed by atoms with van der Waals surface area (Å²) >= 11 is 0. The first-order valence-electron chi connectivity index (χ1n) is 6.33. The molecule has 0 bridgehead atoms. The first-order valence-corrected chi connectivity index (χ1v) is 6.33. The van der Waals surface area contributed by atoms with Crippen molar-refractivity contribution in [3.05, 3.63) is 29.8 Å². The molecular weight excluding hydrogens is 270 g/mol. The number of carbonyl (C=O) groups is 2. The lowest BCUT2D eigenvalue weighted by molar-refractivity contribution is -0.143. The highest BCUT2D eigenvalue weighted by Gasteiger charge is 2.08. The number of esters is 2. The van der Waals surface area contributed by atoms with E-state index in [4.69, 9.17) is 9.47 Å². The fourth-order valence-corrected chi connectivity index (χ4v) is 1.54. The van der Waals surface area contributed by atoms with Gasteiger partial charge >= 0.3 is 11.9 Å². The van der Waals surface area contributed by atoms with E-state index in [2.05, 4.69) is 0 Å². The van der Waals surface area contributed by atoms with Gasteiger partial charge in [0.1, 0.15) is 17.4 Å². The second-order valence-electron chi connectivity index (χ2n) is 4.09. The van der Waals surface area contributed by atoms with Gasteiger partial charge in [0.05, 0.1) is 6.61 Å². The Morgan fingerprint density at radius 1 is 1.00 bits per heavy atom. The summed E-state index contributed by atoms with van der Waals surface area (Å²) < 4.78 is 35.3. The second kappa shape index (κ2) is 8.24. The second-order valence-corrected chi connectivity index (χ2v) is 4.09. The third kappa shape index (κ3) is 6.26. The normalized spacial score (nSPS) is 10.2. The smallest absolute Gasteiger partial charge is 0.311 e. The van der Waals surface area contributed by atoms with Gasteiger partial charge in [0.2, 0.25) is 0 Å². The van der Waals surface area contributed by atoms with Crippen LogP contribution in [-0.4, -0.2) is 18.5 Å². The molecule has 0 aliphatic heterocycles. The maximum Gasteiger partial charge on any atom is 0.311 e. The molecule has 6 heteroatoms. The van der Waals surface area contributed by atoms with E-state index in [9.17, 15) is 18.4 Å². The van der Waals surface area contributed by atoms with Gasteiger partial charge < -0.3 is 9.47 Å². The third-order valence-corrected chi connectivity index (χ3v) is 2.38. The van der Waals surface area contributed by atoms with Gasteiger partial charge in [0, 0.05) is 31.0 Å². The number of benzene rings is 1. The number of hydrogen-bond acceptors (Lipinski definition) is 4. The van der Waals surface area contributed by atoms with Crippen LogP contribution in [0.1, 0.15) is 32.6 Å². The van der Waals surface area contributed by atoms with Crippen molar-refractivity contribution >= 4 is 11.9 Å². The van der Waals surface area contributed by atoms with Crippen LogP contribution in [0.4, 0.5) is 8.78 Å². The van der Waals surface area contributed by atoms with E-state index >= 15 is 0 Å². The molecule has 0 saturated heterocycles. The van der Waals surface area contributed by atoms with Crippen molar-refractivity contribution < 1.29 is 27.8 Å². The van der Waals surface area contributed by atoms with Crippen LogP contribution >= 0.6 is 0 Å². The van der Waals surface area contributed by atoms with Crippen molar-refractivity contribution in [1.82, 2.24) is 0 Å². The fourth-order valence-electron chi connectivity index (χ4n) is 1.54. The molecule has 0 aromatic heterocycles. The van der Waals surface area contributed by atoms with Gasteiger partial charge in [-0.25, -0.2) is 8.78 Å². The summed E-state index contributed by atoms with van der Waals surface area (Å²) in [6, 6.07) is 2.55. The molecule has 0 saturated carbocycles. The van der Waals surface area contributed by atoms with Crippen LogP contribution in [0.5, 0.6) is 5.75 Å².